The zero-order valence-corrected chi connectivity index (χ0v) is 10.6. The van der Waals surface area contributed by atoms with Crippen LogP contribution in [0, 0.1) is 0 Å². The third-order valence-electron chi connectivity index (χ3n) is 3.59. The van der Waals surface area contributed by atoms with Crippen molar-refractivity contribution in [3.8, 4) is 0 Å². The van der Waals surface area contributed by atoms with Gasteiger partial charge in [-0.3, -0.25) is 4.79 Å². The quantitative estimate of drug-likeness (QED) is 0.786. The first kappa shape index (κ1) is 13.7. The second-order valence-electron chi connectivity index (χ2n) is 4.45. The fourth-order valence-electron chi connectivity index (χ4n) is 2.54. The molecule has 0 aromatic heterocycles. The minimum atomic E-state index is -0.532. The van der Waals surface area contributed by atoms with Crippen molar-refractivity contribution in [3.63, 3.8) is 0 Å². The summed E-state index contributed by atoms with van der Waals surface area (Å²) in [5.74, 6) is 0.212. The molecule has 0 atom stereocenters. The van der Waals surface area contributed by atoms with E-state index in [0.29, 0.717) is 0 Å². The average Bonchev–Trinajstić information content (AvgIpc) is 2.82. The lowest BCUT2D eigenvalue weighted by Gasteiger charge is -2.37. The Morgan fingerprint density at radius 1 is 1.25 bits per heavy atom. The van der Waals surface area contributed by atoms with Crippen molar-refractivity contribution in [1.82, 2.24) is 10.2 Å². The number of nitrogens with one attached hydrogen (secondary N) is 1. The highest BCUT2D eigenvalue weighted by molar-refractivity contribution is 5.86. The molecule has 0 saturated carbocycles. The van der Waals surface area contributed by atoms with Crippen LogP contribution in [0.5, 0.6) is 0 Å². The van der Waals surface area contributed by atoms with E-state index in [2.05, 4.69) is 5.32 Å². The Balaban J connectivity index is 0.00000128. The minimum absolute atomic E-state index is 0. The van der Waals surface area contributed by atoms with E-state index < -0.39 is 5.60 Å². The number of methoxy groups -OCH3 is 1. The standard InChI is InChI=1S/C11H20N2O2.ClH/c1-15-11(4-6-12-7-5-11)10(14)13-8-2-3-9-13;/h12H,2-9H2,1H3;1H. The number of carbonyl (C=O) groups excluding carboxylic acids is 1. The van der Waals surface area contributed by atoms with Crippen LogP contribution in [0.25, 0.3) is 0 Å². The van der Waals surface area contributed by atoms with E-state index in [0.717, 1.165) is 51.9 Å². The number of hydrogen-bond acceptors (Lipinski definition) is 3. The lowest BCUT2D eigenvalue weighted by atomic mass is 9.90. The van der Waals surface area contributed by atoms with Crippen LogP contribution in [0.2, 0.25) is 0 Å². The summed E-state index contributed by atoms with van der Waals surface area (Å²) in [6.07, 6.45) is 3.89. The van der Waals surface area contributed by atoms with E-state index in [-0.39, 0.29) is 18.3 Å². The molecule has 2 rings (SSSR count). The molecule has 2 heterocycles. The van der Waals surface area contributed by atoms with Crippen molar-refractivity contribution < 1.29 is 9.53 Å². The van der Waals surface area contributed by atoms with Crippen LogP contribution in [0.15, 0.2) is 0 Å². The number of carbonyl (C=O) groups is 1. The lowest BCUT2D eigenvalue weighted by molar-refractivity contribution is -0.157. The summed E-state index contributed by atoms with van der Waals surface area (Å²) in [5.41, 5.74) is -0.532. The first-order chi connectivity index (χ1) is 7.28. The summed E-state index contributed by atoms with van der Waals surface area (Å²) in [4.78, 5) is 14.3. The molecule has 0 bridgehead atoms. The molecule has 2 aliphatic heterocycles. The molecule has 1 N–H and O–H groups in total. The molecule has 0 unspecified atom stereocenters. The van der Waals surface area contributed by atoms with Crippen LogP contribution in [-0.4, -0.2) is 49.7 Å². The lowest BCUT2D eigenvalue weighted by Crippen LogP contribution is -2.54. The topological polar surface area (TPSA) is 41.6 Å². The fraction of sp³-hybridized carbons (Fsp3) is 0.909. The van der Waals surface area contributed by atoms with E-state index in [1.54, 1.807) is 7.11 Å². The van der Waals surface area contributed by atoms with E-state index in [1.165, 1.54) is 0 Å². The smallest absolute Gasteiger partial charge is 0.254 e. The van der Waals surface area contributed by atoms with Gasteiger partial charge in [-0.25, -0.2) is 0 Å². The van der Waals surface area contributed by atoms with Crippen LogP contribution >= 0.6 is 12.4 Å². The Hall–Kier alpha value is -0.320. The maximum Gasteiger partial charge on any atom is 0.254 e. The van der Waals surface area contributed by atoms with Crippen LogP contribution < -0.4 is 5.32 Å². The first-order valence-electron chi connectivity index (χ1n) is 5.84. The van der Waals surface area contributed by atoms with Crippen LogP contribution in [0.1, 0.15) is 25.7 Å². The third kappa shape index (κ3) is 2.50. The summed E-state index contributed by atoms with van der Waals surface area (Å²) in [6.45, 7) is 3.59. The van der Waals surface area contributed by atoms with E-state index in [4.69, 9.17) is 4.74 Å². The molecular weight excluding hydrogens is 228 g/mol. The third-order valence-corrected chi connectivity index (χ3v) is 3.59. The molecule has 0 aromatic carbocycles. The number of hydrogen-bond donors (Lipinski definition) is 1. The van der Waals surface area contributed by atoms with Crippen LogP contribution in [0.3, 0.4) is 0 Å². The van der Waals surface area contributed by atoms with Gasteiger partial charge in [0.1, 0.15) is 5.60 Å². The number of amides is 1. The molecule has 94 valence electrons. The molecule has 0 aromatic rings. The van der Waals surface area contributed by atoms with E-state index >= 15 is 0 Å². The Kier molecular flexibility index (Phi) is 5.02. The number of nitrogens with zero attached hydrogens (tertiary/aromatic N) is 1. The maximum absolute atomic E-state index is 12.3. The summed E-state index contributed by atoms with van der Waals surface area (Å²) in [5, 5.41) is 3.27. The van der Waals surface area contributed by atoms with Crippen LogP contribution in [0.4, 0.5) is 0 Å². The van der Waals surface area contributed by atoms with Crippen molar-refractivity contribution in [3.05, 3.63) is 0 Å². The monoisotopic (exact) mass is 248 g/mol. The van der Waals surface area contributed by atoms with Gasteiger partial charge in [-0.1, -0.05) is 0 Å². The SMILES string of the molecule is COC1(C(=O)N2CCCC2)CCNCC1.Cl. The second kappa shape index (κ2) is 5.84. The van der Waals surface area contributed by atoms with Gasteiger partial charge >= 0.3 is 0 Å². The second-order valence-corrected chi connectivity index (χ2v) is 4.45. The number of rotatable bonds is 2. The molecule has 0 spiro atoms. The molecule has 2 fully saturated rings. The Bertz CT molecular complexity index is 236. The summed E-state index contributed by atoms with van der Waals surface area (Å²) in [6, 6.07) is 0. The molecule has 4 nitrogen and oxygen atoms in total. The van der Waals surface area contributed by atoms with Gasteiger partial charge in [0, 0.05) is 20.2 Å². The minimum Gasteiger partial charge on any atom is -0.368 e. The predicted molar refractivity (Wildman–Crippen MR) is 64.9 cm³/mol. The van der Waals surface area contributed by atoms with Gasteiger partial charge in [-0.05, 0) is 38.8 Å². The Morgan fingerprint density at radius 2 is 1.81 bits per heavy atom. The highest BCUT2D eigenvalue weighted by Crippen LogP contribution is 2.26. The maximum atomic E-state index is 12.3. The molecular formula is C11H21ClN2O2. The fourth-order valence-corrected chi connectivity index (χ4v) is 2.54. The van der Waals surface area contributed by atoms with Crippen molar-refractivity contribution >= 4 is 18.3 Å². The highest BCUT2D eigenvalue weighted by Gasteiger charge is 2.42. The molecule has 5 heteroatoms. The van der Waals surface area contributed by atoms with Crippen LogP contribution in [-0.2, 0) is 9.53 Å². The molecule has 0 aliphatic carbocycles. The summed E-state index contributed by atoms with van der Waals surface area (Å²) < 4.78 is 5.52. The summed E-state index contributed by atoms with van der Waals surface area (Å²) >= 11 is 0. The first-order valence-corrected chi connectivity index (χ1v) is 5.84. The van der Waals surface area contributed by atoms with E-state index in [1.807, 2.05) is 4.90 Å². The van der Waals surface area contributed by atoms with Gasteiger partial charge < -0.3 is 15.0 Å². The van der Waals surface area contributed by atoms with Gasteiger partial charge in [0.05, 0.1) is 0 Å². The number of halogens is 1. The molecule has 0 radical (unpaired) electrons. The van der Waals surface area contributed by atoms with Crippen molar-refractivity contribution in [2.45, 2.75) is 31.3 Å². The highest BCUT2D eigenvalue weighted by atomic mass is 35.5. The van der Waals surface area contributed by atoms with Gasteiger partial charge in [0.2, 0.25) is 0 Å². The molecule has 16 heavy (non-hydrogen) atoms. The van der Waals surface area contributed by atoms with Gasteiger partial charge in [-0.2, -0.15) is 0 Å². The van der Waals surface area contributed by atoms with Gasteiger partial charge in [0.25, 0.3) is 5.91 Å². The van der Waals surface area contributed by atoms with Crippen molar-refractivity contribution in [1.29, 1.82) is 0 Å². The number of piperidine rings is 1. The Labute approximate surface area is 103 Å². The number of likely N-dealkylation sites (tertiary alicyclic amines) is 1. The normalized spacial score (nSPS) is 23.9. The summed E-state index contributed by atoms with van der Waals surface area (Å²) in [7, 11) is 1.67. The van der Waals surface area contributed by atoms with Crippen molar-refractivity contribution in [2.24, 2.45) is 0 Å². The Morgan fingerprint density at radius 3 is 2.31 bits per heavy atom. The predicted octanol–water partition coefficient (Wildman–Crippen LogP) is 0.799. The molecule has 2 aliphatic rings. The zero-order chi connectivity index (χ0) is 10.7. The average molecular weight is 249 g/mol. The van der Waals surface area contributed by atoms with Gasteiger partial charge in [-0.15, -0.1) is 12.4 Å². The van der Waals surface area contributed by atoms with E-state index in [9.17, 15) is 4.79 Å². The molecule has 2 saturated heterocycles. The van der Waals surface area contributed by atoms with Crippen molar-refractivity contribution in [2.75, 3.05) is 33.3 Å². The zero-order valence-electron chi connectivity index (χ0n) is 9.83. The molecule has 1 amide bonds. The van der Waals surface area contributed by atoms with Gasteiger partial charge in [0.15, 0.2) is 0 Å². The largest absolute Gasteiger partial charge is 0.368 e. The number of ether oxygens (including phenoxy) is 1.